The minimum atomic E-state index is -0.534. The number of carbonyl (C=O) groups excluding carboxylic acids is 2. The lowest BCUT2D eigenvalue weighted by Crippen LogP contribution is -2.47. The number of ether oxygens (including phenoxy) is 1. The standard InChI is InChI=1S/C26H30ClN5O3S2/c1-2-36-16-28-26(34)35-17-32-22-15-21(27)18(13-19(22)14-24(32)33)7-8-30-9-11-31(12-10-30)25-20-5-3-4-6-23(20)37-29-25/h3-6,13,15H,2,7-12,14,16-17H2,1H3,(H,28,34). The molecule has 2 aromatic carbocycles. The molecule has 0 unspecified atom stereocenters. The summed E-state index contributed by atoms with van der Waals surface area (Å²) < 4.78 is 11.2. The number of carbonyl (C=O) groups is 2. The molecule has 0 saturated carbocycles. The van der Waals surface area contributed by atoms with Crippen molar-refractivity contribution in [2.45, 2.75) is 19.8 Å². The molecule has 1 N–H and O–H groups in total. The molecule has 5 rings (SSSR count). The van der Waals surface area contributed by atoms with Crippen molar-refractivity contribution < 1.29 is 14.3 Å². The number of piperazine rings is 1. The first kappa shape index (κ1) is 26.1. The van der Waals surface area contributed by atoms with Crippen molar-refractivity contribution in [2.75, 3.05) is 60.9 Å². The number of hydrogen-bond acceptors (Lipinski definition) is 8. The predicted octanol–water partition coefficient (Wildman–Crippen LogP) is 4.60. The van der Waals surface area contributed by atoms with Gasteiger partial charge >= 0.3 is 6.09 Å². The SMILES string of the molecule is CCSCNC(=O)OCN1C(=O)Cc2cc(CCN3CCN(c4nsc5ccccc45)CC3)c(Cl)cc21. The van der Waals surface area contributed by atoms with E-state index in [0.29, 0.717) is 10.9 Å². The van der Waals surface area contributed by atoms with Gasteiger partial charge in [0.05, 0.1) is 22.7 Å². The van der Waals surface area contributed by atoms with E-state index in [4.69, 9.17) is 20.7 Å². The molecule has 0 bridgehead atoms. The Labute approximate surface area is 230 Å². The Balaban J connectivity index is 1.14. The van der Waals surface area contributed by atoms with Gasteiger partial charge in [-0.25, -0.2) is 4.79 Å². The molecule has 3 aromatic rings. The van der Waals surface area contributed by atoms with Crippen molar-refractivity contribution in [3.8, 4) is 0 Å². The fraction of sp³-hybridized carbons (Fsp3) is 0.423. The van der Waals surface area contributed by atoms with Crippen molar-refractivity contribution >= 4 is 68.5 Å². The highest BCUT2D eigenvalue weighted by Crippen LogP contribution is 2.34. The summed E-state index contributed by atoms with van der Waals surface area (Å²) >= 11 is 9.78. The Morgan fingerprint density at radius 1 is 1.22 bits per heavy atom. The van der Waals surface area contributed by atoms with E-state index in [1.54, 1.807) is 23.3 Å². The third-order valence-corrected chi connectivity index (χ3v) is 8.68. The highest BCUT2D eigenvalue weighted by Gasteiger charge is 2.29. The second kappa shape index (κ2) is 11.9. The van der Waals surface area contributed by atoms with Gasteiger partial charge in [0.1, 0.15) is 5.82 Å². The number of alkyl carbamates (subject to hydrolysis) is 1. The van der Waals surface area contributed by atoms with Gasteiger partial charge < -0.3 is 15.0 Å². The largest absolute Gasteiger partial charge is 0.428 e. The molecule has 2 amide bonds. The molecule has 1 aromatic heterocycles. The Kier molecular flexibility index (Phi) is 8.39. The number of nitrogens with one attached hydrogen (secondary N) is 1. The zero-order valence-electron chi connectivity index (χ0n) is 20.7. The topological polar surface area (TPSA) is 78.0 Å². The fourth-order valence-corrected chi connectivity index (χ4v) is 6.20. The molecule has 196 valence electrons. The lowest BCUT2D eigenvalue weighted by atomic mass is 10.1. The van der Waals surface area contributed by atoms with E-state index in [-0.39, 0.29) is 19.1 Å². The maximum absolute atomic E-state index is 12.6. The number of amides is 2. The summed E-state index contributed by atoms with van der Waals surface area (Å²) in [6.07, 6.45) is 0.567. The predicted molar refractivity (Wildman–Crippen MR) is 152 cm³/mol. The number of aromatic nitrogens is 1. The molecule has 1 saturated heterocycles. The smallest absolute Gasteiger partial charge is 0.409 e. The van der Waals surface area contributed by atoms with Crippen molar-refractivity contribution in [1.29, 1.82) is 0 Å². The first-order valence-corrected chi connectivity index (χ1v) is 14.8. The zero-order valence-corrected chi connectivity index (χ0v) is 23.1. The molecule has 3 heterocycles. The van der Waals surface area contributed by atoms with Gasteiger partial charge in [0.15, 0.2) is 6.73 Å². The van der Waals surface area contributed by atoms with Crippen molar-refractivity contribution in [1.82, 2.24) is 14.6 Å². The van der Waals surface area contributed by atoms with Crippen LogP contribution in [0.25, 0.3) is 10.1 Å². The third kappa shape index (κ3) is 5.98. The van der Waals surface area contributed by atoms with E-state index < -0.39 is 6.09 Å². The van der Waals surface area contributed by atoms with Crippen LogP contribution in [0.5, 0.6) is 0 Å². The summed E-state index contributed by atoms with van der Waals surface area (Å²) in [4.78, 5) is 30.8. The molecule has 2 aliphatic rings. The second-order valence-electron chi connectivity index (χ2n) is 9.03. The van der Waals surface area contributed by atoms with Crippen LogP contribution in [0.3, 0.4) is 0 Å². The minimum Gasteiger partial charge on any atom is -0.428 e. The van der Waals surface area contributed by atoms with Crippen molar-refractivity contribution in [3.05, 3.63) is 52.5 Å². The van der Waals surface area contributed by atoms with Crippen LogP contribution < -0.4 is 15.1 Å². The number of halogens is 1. The Morgan fingerprint density at radius 2 is 2.03 bits per heavy atom. The Morgan fingerprint density at radius 3 is 2.84 bits per heavy atom. The summed E-state index contributed by atoms with van der Waals surface area (Å²) in [7, 11) is 0. The van der Waals surface area contributed by atoms with E-state index in [9.17, 15) is 9.59 Å². The number of fused-ring (bicyclic) bond motifs is 2. The van der Waals surface area contributed by atoms with E-state index >= 15 is 0 Å². The average Bonchev–Trinajstić information content (AvgIpc) is 3.47. The summed E-state index contributed by atoms with van der Waals surface area (Å²) in [5, 5.41) is 4.53. The monoisotopic (exact) mass is 559 g/mol. The van der Waals surface area contributed by atoms with Crippen LogP contribution in [0, 0.1) is 0 Å². The average molecular weight is 560 g/mol. The molecule has 37 heavy (non-hydrogen) atoms. The normalized spacial score (nSPS) is 15.9. The van der Waals surface area contributed by atoms with Gasteiger partial charge in [-0.2, -0.15) is 4.37 Å². The van der Waals surface area contributed by atoms with Crippen LogP contribution in [0.1, 0.15) is 18.1 Å². The van der Waals surface area contributed by atoms with Gasteiger partial charge in [0.2, 0.25) is 5.91 Å². The third-order valence-electron chi connectivity index (χ3n) is 6.76. The molecule has 11 heteroatoms. The lowest BCUT2D eigenvalue weighted by molar-refractivity contribution is -0.118. The van der Waals surface area contributed by atoms with Gasteiger partial charge in [0.25, 0.3) is 0 Å². The number of anilines is 2. The maximum atomic E-state index is 12.6. The van der Waals surface area contributed by atoms with E-state index in [2.05, 4.69) is 39.4 Å². The highest BCUT2D eigenvalue weighted by atomic mass is 35.5. The van der Waals surface area contributed by atoms with Crippen LogP contribution in [-0.4, -0.2) is 72.4 Å². The number of benzene rings is 2. The molecular weight excluding hydrogens is 530 g/mol. The Bertz CT molecular complexity index is 1280. The summed E-state index contributed by atoms with van der Waals surface area (Å²) in [6, 6.07) is 12.3. The van der Waals surface area contributed by atoms with Gasteiger partial charge in [-0.3, -0.25) is 14.6 Å². The molecule has 0 aliphatic carbocycles. The Hall–Kier alpha value is -2.53. The molecular formula is C26H30ClN5O3S2. The van der Waals surface area contributed by atoms with Crippen LogP contribution in [-0.2, 0) is 22.4 Å². The molecule has 0 radical (unpaired) electrons. The molecule has 2 aliphatic heterocycles. The molecule has 0 atom stereocenters. The number of thioether (sulfide) groups is 1. The quantitative estimate of drug-likeness (QED) is 0.303. The van der Waals surface area contributed by atoms with Crippen LogP contribution in [0.2, 0.25) is 5.02 Å². The van der Waals surface area contributed by atoms with Crippen LogP contribution >= 0.6 is 34.9 Å². The first-order chi connectivity index (χ1) is 18.0. The minimum absolute atomic E-state index is 0.0929. The summed E-state index contributed by atoms with van der Waals surface area (Å²) in [5.74, 6) is 2.38. The first-order valence-electron chi connectivity index (χ1n) is 12.4. The van der Waals surface area contributed by atoms with Crippen molar-refractivity contribution in [3.63, 3.8) is 0 Å². The fourth-order valence-electron chi connectivity index (χ4n) is 4.73. The molecule has 8 nitrogen and oxygen atoms in total. The number of nitrogens with zero attached hydrogens (tertiary/aromatic N) is 4. The van der Waals surface area contributed by atoms with E-state index in [1.165, 1.54) is 15.0 Å². The zero-order chi connectivity index (χ0) is 25.8. The summed E-state index contributed by atoms with van der Waals surface area (Å²) in [5.41, 5.74) is 2.69. The second-order valence-corrected chi connectivity index (χ2v) is 11.5. The van der Waals surface area contributed by atoms with Crippen LogP contribution in [0.15, 0.2) is 36.4 Å². The highest BCUT2D eigenvalue weighted by molar-refractivity contribution is 7.99. The number of hydrogen-bond donors (Lipinski definition) is 1. The van der Waals surface area contributed by atoms with Gasteiger partial charge in [-0.05, 0) is 53.0 Å². The van der Waals surface area contributed by atoms with Gasteiger partial charge in [-0.1, -0.05) is 36.7 Å². The van der Waals surface area contributed by atoms with Gasteiger partial charge in [-0.15, -0.1) is 11.8 Å². The van der Waals surface area contributed by atoms with Gasteiger partial charge in [0, 0.05) is 43.1 Å². The molecule has 0 spiro atoms. The van der Waals surface area contributed by atoms with Crippen molar-refractivity contribution in [2.24, 2.45) is 0 Å². The van der Waals surface area contributed by atoms with Crippen LogP contribution in [0.4, 0.5) is 16.3 Å². The lowest BCUT2D eigenvalue weighted by Gasteiger charge is -2.35. The molecule has 1 fully saturated rings. The van der Waals surface area contributed by atoms with E-state index in [1.807, 2.05) is 19.1 Å². The summed E-state index contributed by atoms with van der Waals surface area (Å²) in [6.45, 7) is 6.62. The van der Waals surface area contributed by atoms with E-state index in [0.717, 1.165) is 67.5 Å². The maximum Gasteiger partial charge on any atom is 0.409 e. The number of rotatable bonds is 9.